The van der Waals surface area contributed by atoms with Gasteiger partial charge in [-0.3, -0.25) is 9.59 Å². The molecule has 0 aliphatic carbocycles. The van der Waals surface area contributed by atoms with Crippen LogP contribution in [-0.4, -0.2) is 30.7 Å². The number of pyridine rings is 1. The first kappa shape index (κ1) is 16.8. The summed E-state index contributed by atoms with van der Waals surface area (Å²) in [5, 5.41) is 2.68. The molecule has 0 bridgehead atoms. The summed E-state index contributed by atoms with van der Waals surface area (Å²) in [6.07, 6.45) is 1.52. The maximum atomic E-state index is 12.1. The lowest BCUT2D eigenvalue weighted by Gasteiger charge is -2.12. The Balaban J connectivity index is 2.07. The number of benzene rings is 1. The van der Waals surface area contributed by atoms with E-state index in [9.17, 15) is 9.59 Å². The second-order valence-corrected chi connectivity index (χ2v) is 5.02. The van der Waals surface area contributed by atoms with Gasteiger partial charge in [0.25, 0.3) is 5.91 Å². The number of rotatable bonds is 7. The molecular formula is C17H20N2O4. The number of aromatic nitrogens is 1. The fourth-order valence-electron chi connectivity index (χ4n) is 2.03. The van der Waals surface area contributed by atoms with E-state index in [2.05, 4.69) is 5.32 Å². The lowest BCUT2D eigenvalue weighted by Crippen LogP contribution is -2.30. The highest BCUT2D eigenvalue weighted by molar-refractivity contribution is 5.92. The summed E-state index contributed by atoms with van der Waals surface area (Å²) >= 11 is 0. The van der Waals surface area contributed by atoms with Crippen molar-refractivity contribution in [1.82, 2.24) is 9.88 Å². The van der Waals surface area contributed by atoms with Gasteiger partial charge in [0, 0.05) is 26.8 Å². The Morgan fingerprint density at radius 3 is 2.70 bits per heavy atom. The van der Waals surface area contributed by atoms with E-state index in [1.807, 2.05) is 30.3 Å². The van der Waals surface area contributed by atoms with Crippen molar-refractivity contribution in [2.45, 2.75) is 6.61 Å². The van der Waals surface area contributed by atoms with Crippen molar-refractivity contribution in [3.05, 3.63) is 64.1 Å². The second kappa shape index (κ2) is 8.14. The fourth-order valence-corrected chi connectivity index (χ4v) is 2.03. The third-order valence-electron chi connectivity index (χ3n) is 3.26. The second-order valence-electron chi connectivity index (χ2n) is 5.02. The van der Waals surface area contributed by atoms with Crippen LogP contribution in [0.15, 0.2) is 47.4 Å². The van der Waals surface area contributed by atoms with Crippen molar-refractivity contribution in [3.63, 3.8) is 0 Å². The Bertz CT molecular complexity index is 710. The zero-order valence-electron chi connectivity index (χ0n) is 13.2. The van der Waals surface area contributed by atoms with Gasteiger partial charge >= 0.3 is 0 Å². The van der Waals surface area contributed by atoms with E-state index in [1.165, 1.54) is 12.3 Å². The summed E-state index contributed by atoms with van der Waals surface area (Å²) in [6.45, 7) is 1.10. The molecule has 0 aliphatic heterocycles. The molecule has 1 N–H and O–H groups in total. The standard InChI is InChI=1S/C17H20N2O4/c1-19-11-16(23-12-13-6-4-3-5-7-13)15(20)10-14(19)17(21)18-8-9-22-2/h3-7,10-11H,8-9,12H2,1-2H3,(H,18,21). The number of carbonyl (C=O) groups is 1. The average Bonchev–Trinajstić information content (AvgIpc) is 2.56. The van der Waals surface area contributed by atoms with Crippen LogP contribution in [0, 0.1) is 0 Å². The van der Waals surface area contributed by atoms with Crippen LogP contribution in [0.2, 0.25) is 0 Å². The van der Waals surface area contributed by atoms with Gasteiger partial charge in [-0.1, -0.05) is 30.3 Å². The Morgan fingerprint density at radius 1 is 1.26 bits per heavy atom. The van der Waals surface area contributed by atoms with Gasteiger partial charge in [-0.05, 0) is 5.56 Å². The summed E-state index contributed by atoms with van der Waals surface area (Å²) in [4.78, 5) is 24.1. The Morgan fingerprint density at radius 2 is 2.00 bits per heavy atom. The van der Waals surface area contributed by atoms with Gasteiger partial charge in [0.05, 0.1) is 12.8 Å². The molecule has 6 heteroatoms. The number of carbonyl (C=O) groups excluding carboxylic acids is 1. The molecule has 6 nitrogen and oxygen atoms in total. The zero-order valence-corrected chi connectivity index (χ0v) is 13.2. The average molecular weight is 316 g/mol. The van der Waals surface area contributed by atoms with Crippen LogP contribution < -0.4 is 15.5 Å². The molecule has 1 aromatic carbocycles. The number of amides is 1. The molecule has 0 fully saturated rings. The van der Waals surface area contributed by atoms with Gasteiger partial charge in [-0.2, -0.15) is 0 Å². The molecule has 1 heterocycles. The quantitative estimate of drug-likeness (QED) is 0.783. The van der Waals surface area contributed by atoms with Crippen LogP contribution >= 0.6 is 0 Å². The van der Waals surface area contributed by atoms with E-state index in [1.54, 1.807) is 18.7 Å². The van der Waals surface area contributed by atoms with Gasteiger partial charge in [-0.15, -0.1) is 0 Å². The van der Waals surface area contributed by atoms with E-state index in [4.69, 9.17) is 9.47 Å². The number of aryl methyl sites for hydroxylation is 1. The van der Waals surface area contributed by atoms with Gasteiger partial charge in [0.2, 0.25) is 5.43 Å². The lowest BCUT2D eigenvalue weighted by molar-refractivity contribution is 0.0928. The van der Waals surface area contributed by atoms with Crippen LogP contribution in [-0.2, 0) is 18.4 Å². The first-order chi connectivity index (χ1) is 11.1. The van der Waals surface area contributed by atoms with Crippen molar-refractivity contribution < 1.29 is 14.3 Å². The summed E-state index contributed by atoms with van der Waals surface area (Å²) in [5.41, 5.74) is 0.921. The molecule has 23 heavy (non-hydrogen) atoms. The third kappa shape index (κ3) is 4.69. The molecule has 0 saturated carbocycles. The number of ether oxygens (including phenoxy) is 2. The highest BCUT2D eigenvalue weighted by atomic mass is 16.5. The van der Waals surface area contributed by atoms with Crippen molar-refractivity contribution in [2.75, 3.05) is 20.3 Å². The summed E-state index contributed by atoms with van der Waals surface area (Å²) in [6, 6.07) is 10.8. The van der Waals surface area contributed by atoms with E-state index in [0.717, 1.165) is 5.56 Å². The number of methoxy groups -OCH3 is 1. The molecule has 0 unspecified atom stereocenters. The number of hydrogen-bond donors (Lipinski definition) is 1. The molecule has 1 aromatic heterocycles. The minimum Gasteiger partial charge on any atom is -0.483 e. The van der Waals surface area contributed by atoms with Gasteiger partial charge in [-0.25, -0.2) is 0 Å². The normalized spacial score (nSPS) is 10.3. The number of nitrogens with one attached hydrogen (secondary N) is 1. The van der Waals surface area contributed by atoms with Gasteiger partial charge in [0.1, 0.15) is 12.3 Å². The zero-order chi connectivity index (χ0) is 16.7. The van der Waals surface area contributed by atoms with Gasteiger partial charge in [0.15, 0.2) is 5.75 Å². The molecule has 0 saturated heterocycles. The molecule has 0 radical (unpaired) electrons. The minimum atomic E-state index is -0.323. The van der Waals surface area contributed by atoms with Crippen LogP contribution in [0.1, 0.15) is 16.1 Å². The molecule has 1 amide bonds. The SMILES string of the molecule is COCCNC(=O)c1cc(=O)c(OCc2ccccc2)cn1C. The van der Waals surface area contributed by atoms with Crippen molar-refractivity contribution in [1.29, 1.82) is 0 Å². The maximum Gasteiger partial charge on any atom is 0.268 e. The molecule has 2 aromatic rings. The highest BCUT2D eigenvalue weighted by Crippen LogP contribution is 2.09. The first-order valence-corrected chi connectivity index (χ1v) is 7.26. The molecule has 0 aliphatic rings. The van der Waals surface area contributed by atoms with Crippen molar-refractivity contribution >= 4 is 5.91 Å². The van der Waals surface area contributed by atoms with Crippen LogP contribution in [0.5, 0.6) is 5.75 Å². The third-order valence-corrected chi connectivity index (χ3v) is 3.26. The van der Waals surface area contributed by atoms with E-state index >= 15 is 0 Å². The molecular weight excluding hydrogens is 296 g/mol. The summed E-state index contributed by atoms with van der Waals surface area (Å²) in [7, 11) is 3.25. The van der Waals surface area contributed by atoms with Crippen molar-refractivity contribution in [2.24, 2.45) is 7.05 Å². The predicted octanol–water partition coefficient (Wildman–Crippen LogP) is 1.34. The van der Waals surface area contributed by atoms with Gasteiger partial charge < -0.3 is 19.4 Å². The van der Waals surface area contributed by atoms with Crippen molar-refractivity contribution in [3.8, 4) is 5.75 Å². The Hall–Kier alpha value is -2.60. The lowest BCUT2D eigenvalue weighted by atomic mass is 10.2. The van der Waals surface area contributed by atoms with E-state index in [-0.39, 0.29) is 22.8 Å². The number of hydrogen-bond acceptors (Lipinski definition) is 4. The highest BCUT2D eigenvalue weighted by Gasteiger charge is 2.12. The minimum absolute atomic E-state index is 0.213. The molecule has 122 valence electrons. The topological polar surface area (TPSA) is 69.6 Å². The fraction of sp³-hybridized carbons (Fsp3) is 0.294. The van der Waals surface area contributed by atoms with Crippen LogP contribution in [0.3, 0.4) is 0 Å². The Labute approximate surface area is 134 Å². The molecule has 2 rings (SSSR count). The van der Waals surface area contributed by atoms with E-state index < -0.39 is 0 Å². The maximum absolute atomic E-state index is 12.1. The predicted molar refractivity (Wildman–Crippen MR) is 86.7 cm³/mol. The monoisotopic (exact) mass is 316 g/mol. The molecule has 0 atom stereocenters. The van der Waals surface area contributed by atoms with Crippen LogP contribution in [0.4, 0.5) is 0 Å². The Kier molecular flexibility index (Phi) is 5.94. The first-order valence-electron chi connectivity index (χ1n) is 7.26. The van der Waals surface area contributed by atoms with Crippen LogP contribution in [0.25, 0.3) is 0 Å². The molecule has 0 spiro atoms. The number of nitrogens with zero attached hydrogens (tertiary/aromatic N) is 1. The largest absolute Gasteiger partial charge is 0.483 e. The smallest absolute Gasteiger partial charge is 0.268 e. The summed E-state index contributed by atoms with van der Waals surface area (Å²) < 4.78 is 12.0. The summed E-state index contributed by atoms with van der Waals surface area (Å²) in [5.74, 6) is -0.110. The van der Waals surface area contributed by atoms with E-state index in [0.29, 0.717) is 19.8 Å².